The van der Waals surface area contributed by atoms with Gasteiger partial charge in [-0.1, -0.05) is 32.4 Å². The van der Waals surface area contributed by atoms with E-state index in [0.717, 1.165) is 0 Å². The van der Waals surface area contributed by atoms with Crippen molar-refractivity contribution in [2.75, 3.05) is 0 Å². The van der Waals surface area contributed by atoms with E-state index in [4.69, 9.17) is 17.3 Å². The second-order valence-corrected chi connectivity index (χ2v) is 5.86. The van der Waals surface area contributed by atoms with Crippen LogP contribution in [0.1, 0.15) is 38.9 Å². The summed E-state index contributed by atoms with van der Waals surface area (Å²) in [6, 6.07) is 4.47. The van der Waals surface area contributed by atoms with Crippen LogP contribution in [-0.2, 0) is 0 Å². The van der Waals surface area contributed by atoms with Gasteiger partial charge in [0, 0.05) is 16.6 Å². The molecule has 0 aliphatic heterocycles. The quantitative estimate of drug-likeness (QED) is 0.780. The van der Waals surface area contributed by atoms with E-state index in [-0.39, 0.29) is 17.2 Å². The van der Waals surface area contributed by atoms with Crippen LogP contribution in [0.15, 0.2) is 18.2 Å². The van der Waals surface area contributed by atoms with Gasteiger partial charge in [0.1, 0.15) is 5.75 Å². The molecule has 4 N–H and O–H groups in total. The molecule has 0 fully saturated rings. The number of phenolic OH excluding ortho intramolecular Hbond substituents is 1. The van der Waals surface area contributed by atoms with E-state index in [1.54, 1.807) is 12.1 Å². The van der Waals surface area contributed by atoms with Gasteiger partial charge in [-0.25, -0.2) is 0 Å². The molecule has 2 atom stereocenters. The van der Waals surface area contributed by atoms with E-state index < -0.39 is 6.10 Å². The zero-order valence-corrected chi connectivity index (χ0v) is 11.2. The van der Waals surface area contributed by atoms with Crippen LogP contribution in [0.25, 0.3) is 0 Å². The lowest BCUT2D eigenvalue weighted by molar-refractivity contribution is 0.131. The van der Waals surface area contributed by atoms with Crippen LogP contribution in [0.3, 0.4) is 0 Å². The molecule has 0 spiro atoms. The van der Waals surface area contributed by atoms with E-state index in [1.807, 2.05) is 20.8 Å². The van der Waals surface area contributed by atoms with Gasteiger partial charge in [-0.3, -0.25) is 0 Å². The first kappa shape index (κ1) is 14.3. The summed E-state index contributed by atoms with van der Waals surface area (Å²) in [6.45, 7) is 6.05. The van der Waals surface area contributed by atoms with Crippen molar-refractivity contribution in [3.8, 4) is 5.75 Å². The van der Waals surface area contributed by atoms with E-state index in [9.17, 15) is 10.2 Å². The molecule has 1 aromatic rings. The van der Waals surface area contributed by atoms with Gasteiger partial charge in [-0.2, -0.15) is 0 Å². The van der Waals surface area contributed by atoms with Gasteiger partial charge < -0.3 is 15.9 Å². The summed E-state index contributed by atoms with van der Waals surface area (Å²) in [5, 5.41) is 20.2. The molecular formula is C13H20ClNO2. The van der Waals surface area contributed by atoms with Gasteiger partial charge in [0.05, 0.1) is 6.10 Å². The second-order valence-electron chi connectivity index (χ2n) is 5.43. The number of rotatable bonds is 3. The van der Waals surface area contributed by atoms with Gasteiger partial charge in [-0.15, -0.1) is 0 Å². The van der Waals surface area contributed by atoms with Gasteiger partial charge in [-0.05, 0) is 30.0 Å². The highest BCUT2D eigenvalue weighted by molar-refractivity contribution is 6.30. The molecule has 0 bridgehead atoms. The van der Waals surface area contributed by atoms with Crippen LogP contribution < -0.4 is 5.73 Å². The molecule has 0 aliphatic rings. The van der Waals surface area contributed by atoms with Crippen LogP contribution in [0.4, 0.5) is 0 Å². The third kappa shape index (κ3) is 3.87. The number of halogens is 1. The molecule has 0 heterocycles. The molecule has 0 aliphatic carbocycles. The number of nitrogens with two attached hydrogens (primary N) is 1. The lowest BCUT2D eigenvalue weighted by Crippen LogP contribution is -2.36. The summed E-state index contributed by atoms with van der Waals surface area (Å²) >= 11 is 5.83. The lowest BCUT2D eigenvalue weighted by atomic mass is 9.83. The van der Waals surface area contributed by atoms with Crippen molar-refractivity contribution < 1.29 is 10.2 Å². The van der Waals surface area contributed by atoms with Crippen LogP contribution in [0, 0.1) is 5.41 Å². The Balaban J connectivity index is 2.83. The molecule has 0 saturated carbocycles. The van der Waals surface area contributed by atoms with Gasteiger partial charge in [0.15, 0.2) is 0 Å². The summed E-state index contributed by atoms with van der Waals surface area (Å²) in [7, 11) is 0. The summed E-state index contributed by atoms with van der Waals surface area (Å²) in [5.41, 5.74) is 6.34. The SMILES string of the molecule is CC(C)(C)[C@H](N)C[C@H](O)c1cc(Cl)ccc1O. The van der Waals surface area contributed by atoms with Gasteiger partial charge in [0.2, 0.25) is 0 Å². The smallest absolute Gasteiger partial charge is 0.121 e. The zero-order valence-electron chi connectivity index (χ0n) is 10.4. The van der Waals surface area contributed by atoms with Gasteiger partial charge in [0.25, 0.3) is 0 Å². The predicted molar refractivity (Wildman–Crippen MR) is 70.1 cm³/mol. The molecule has 96 valence electrons. The summed E-state index contributed by atoms with van der Waals surface area (Å²) in [6.07, 6.45) is -0.417. The number of aliphatic hydroxyl groups is 1. The molecule has 17 heavy (non-hydrogen) atoms. The summed E-state index contributed by atoms with van der Waals surface area (Å²) < 4.78 is 0. The highest BCUT2D eigenvalue weighted by atomic mass is 35.5. The largest absolute Gasteiger partial charge is 0.508 e. The Morgan fingerprint density at radius 1 is 1.35 bits per heavy atom. The van der Waals surface area contributed by atoms with Crippen molar-refractivity contribution in [3.05, 3.63) is 28.8 Å². The van der Waals surface area contributed by atoms with Crippen LogP contribution >= 0.6 is 11.6 Å². The van der Waals surface area contributed by atoms with Crippen LogP contribution in [0.5, 0.6) is 5.75 Å². The first-order valence-corrected chi connectivity index (χ1v) is 6.01. The number of aliphatic hydroxyl groups excluding tert-OH is 1. The maximum Gasteiger partial charge on any atom is 0.121 e. The molecule has 0 unspecified atom stereocenters. The zero-order chi connectivity index (χ0) is 13.2. The van der Waals surface area contributed by atoms with E-state index in [1.165, 1.54) is 6.07 Å². The fraction of sp³-hybridized carbons (Fsp3) is 0.538. The number of aromatic hydroxyl groups is 1. The standard InChI is InChI=1S/C13H20ClNO2/c1-13(2,3)12(15)7-11(17)9-6-8(14)4-5-10(9)16/h4-6,11-12,16-17H,7,15H2,1-3H3/t11-,12+/m0/s1. The molecule has 0 aromatic heterocycles. The summed E-state index contributed by atoms with van der Waals surface area (Å²) in [4.78, 5) is 0. The minimum Gasteiger partial charge on any atom is -0.508 e. The van der Waals surface area contributed by atoms with E-state index >= 15 is 0 Å². The fourth-order valence-electron chi connectivity index (χ4n) is 1.51. The molecule has 0 saturated heterocycles. The molecule has 3 nitrogen and oxygen atoms in total. The first-order valence-electron chi connectivity index (χ1n) is 5.64. The van der Waals surface area contributed by atoms with Crippen molar-refractivity contribution in [1.82, 2.24) is 0 Å². The highest BCUT2D eigenvalue weighted by Gasteiger charge is 2.25. The van der Waals surface area contributed by atoms with E-state index in [2.05, 4.69) is 0 Å². The molecule has 0 amide bonds. The average Bonchev–Trinajstić information content (AvgIpc) is 2.20. The third-order valence-electron chi connectivity index (χ3n) is 2.94. The fourth-order valence-corrected chi connectivity index (χ4v) is 1.69. The normalized spacial score (nSPS) is 15.6. The predicted octanol–water partition coefficient (Wildman–Crippen LogP) is 2.84. The molecule has 0 radical (unpaired) electrons. The molecule has 4 heteroatoms. The molecule has 1 rings (SSSR count). The van der Waals surface area contributed by atoms with Crippen molar-refractivity contribution in [1.29, 1.82) is 0 Å². The van der Waals surface area contributed by atoms with E-state index in [0.29, 0.717) is 17.0 Å². The minimum absolute atomic E-state index is 0.0445. The maximum atomic E-state index is 10.1. The Morgan fingerprint density at radius 2 is 1.94 bits per heavy atom. The van der Waals surface area contributed by atoms with Crippen LogP contribution in [-0.4, -0.2) is 16.3 Å². The highest BCUT2D eigenvalue weighted by Crippen LogP contribution is 2.32. The Morgan fingerprint density at radius 3 is 2.47 bits per heavy atom. The van der Waals surface area contributed by atoms with Gasteiger partial charge >= 0.3 is 0 Å². The Kier molecular flexibility index (Phi) is 4.42. The number of benzene rings is 1. The van der Waals surface area contributed by atoms with Crippen molar-refractivity contribution in [3.63, 3.8) is 0 Å². The third-order valence-corrected chi connectivity index (χ3v) is 3.17. The van der Waals surface area contributed by atoms with Crippen molar-refractivity contribution >= 4 is 11.6 Å². The van der Waals surface area contributed by atoms with Crippen molar-refractivity contribution in [2.45, 2.75) is 39.3 Å². The number of hydrogen-bond acceptors (Lipinski definition) is 3. The number of phenols is 1. The Hall–Kier alpha value is -0.770. The first-order chi connectivity index (χ1) is 7.71. The Bertz CT molecular complexity index is 387. The lowest BCUT2D eigenvalue weighted by Gasteiger charge is -2.29. The number of hydrogen-bond donors (Lipinski definition) is 3. The Labute approximate surface area is 107 Å². The maximum absolute atomic E-state index is 10.1. The van der Waals surface area contributed by atoms with Crippen molar-refractivity contribution in [2.24, 2.45) is 11.1 Å². The average molecular weight is 258 g/mol. The minimum atomic E-state index is -0.803. The monoisotopic (exact) mass is 257 g/mol. The summed E-state index contributed by atoms with van der Waals surface area (Å²) in [5.74, 6) is 0.0445. The second kappa shape index (κ2) is 5.25. The molecule has 1 aromatic carbocycles. The van der Waals surface area contributed by atoms with Crippen LogP contribution in [0.2, 0.25) is 5.02 Å². The molecular weight excluding hydrogens is 238 g/mol. The topological polar surface area (TPSA) is 66.5 Å².